The quantitative estimate of drug-likeness (QED) is 0.872. The van der Waals surface area contributed by atoms with Gasteiger partial charge in [-0.1, -0.05) is 6.92 Å². The third kappa shape index (κ3) is 4.79. The first-order valence-electron chi connectivity index (χ1n) is 5.62. The number of rotatable bonds is 5. The molecule has 0 aliphatic rings. The van der Waals surface area contributed by atoms with Crippen LogP contribution in [-0.4, -0.2) is 29.4 Å². The zero-order chi connectivity index (χ0) is 15.3. The molecule has 1 amide bonds. The lowest BCUT2D eigenvalue weighted by Gasteiger charge is -2.13. The third-order valence-corrected chi connectivity index (χ3v) is 2.36. The van der Waals surface area contributed by atoms with Gasteiger partial charge < -0.3 is 15.2 Å². The number of carboxylic acid groups (broad SMARTS) is 1. The topological polar surface area (TPSA) is 75.6 Å². The smallest absolute Gasteiger partial charge is 0.480 e. The average molecular weight is 291 g/mol. The second-order valence-electron chi connectivity index (χ2n) is 3.84. The summed E-state index contributed by atoms with van der Waals surface area (Å²) in [7, 11) is 0. The van der Waals surface area contributed by atoms with Crippen molar-refractivity contribution in [2.45, 2.75) is 25.7 Å². The van der Waals surface area contributed by atoms with Crippen LogP contribution in [0.5, 0.6) is 5.75 Å². The summed E-state index contributed by atoms with van der Waals surface area (Å²) in [6.07, 6.45) is -4.61. The Morgan fingerprint density at radius 3 is 2.25 bits per heavy atom. The highest BCUT2D eigenvalue weighted by molar-refractivity contribution is 5.96. The summed E-state index contributed by atoms with van der Waals surface area (Å²) in [5.74, 6) is -2.32. The molecule has 20 heavy (non-hydrogen) atoms. The SMILES string of the molecule is CC[C@H](NC(=O)c1ccc(OC(F)(F)F)cc1)C(=O)O. The monoisotopic (exact) mass is 291 g/mol. The Morgan fingerprint density at radius 1 is 1.30 bits per heavy atom. The summed E-state index contributed by atoms with van der Waals surface area (Å²) in [5, 5.41) is 11.0. The normalized spacial score (nSPS) is 12.6. The Kier molecular flexibility index (Phi) is 4.95. The van der Waals surface area contributed by atoms with Crippen LogP contribution in [-0.2, 0) is 4.79 Å². The fraction of sp³-hybridized carbons (Fsp3) is 0.333. The van der Waals surface area contributed by atoms with Crippen molar-refractivity contribution in [1.82, 2.24) is 5.32 Å². The lowest BCUT2D eigenvalue weighted by atomic mass is 10.1. The van der Waals surface area contributed by atoms with Crippen molar-refractivity contribution in [2.75, 3.05) is 0 Å². The van der Waals surface area contributed by atoms with E-state index in [4.69, 9.17) is 5.11 Å². The first-order valence-corrected chi connectivity index (χ1v) is 5.62. The van der Waals surface area contributed by atoms with Gasteiger partial charge in [0.15, 0.2) is 0 Å². The van der Waals surface area contributed by atoms with Gasteiger partial charge in [-0.05, 0) is 30.7 Å². The fourth-order valence-electron chi connectivity index (χ4n) is 1.39. The van der Waals surface area contributed by atoms with Gasteiger partial charge in [-0.3, -0.25) is 4.79 Å². The van der Waals surface area contributed by atoms with E-state index >= 15 is 0 Å². The van der Waals surface area contributed by atoms with E-state index in [-0.39, 0.29) is 12.0 Å². The molecule has 1 rings (SSSR count). The van der Waals surface area contributed by atoms with Gasteiger partial charge in [0, 0.05) is 5.56 Å². The van der Waals surface area contributed by atoms with Crippen LogP contribution in [0.15, 0.2) is 24.3 Å². The van der Waals surface area contributed by atoms with Gasteiger partial charge in [0.25, 0.3) is 5.91 Å². The van der Waals surface area contributed by atoms with Gasteiger partial charge in [-0.15, -0.1) is 13.2 Å². The van der Waals surface area contributed by atoms with Crippen LogP contribution >= 0.6 is 0 Å². The van der Waals surface area contributed by atoms with E-state index < -0.39 is 30.0 Å². The minimum Gasteiger partial charge on any atom is -0.480 e. The van der Waals surface area contributed by atoms with E-state index in [2.05, 4.69) is 10.1 Å². The van der Waals surface area contributed by atoms with Crippen LogP contribution in [0.1, 0.15) is 23.7 Å². The van der Waals surface area contributed by atoms with Gasteiger partial charge in [0.1, 0.15) is 11.8 Å². The maximum absolute atomic E-state index is 11.9. The Balaban J connectivity index is 2.73. The molecule has 0 heterocycles. The van der Waals surface area contributed by atoms with Crippen LogP contribution < -0.4 is 10.1 Å². The number of benzene rings is 1. The molecule has 1 aromatic rings. The molecule has 5 nitrogen and oxygen atoms in total. The number of amides is 1. The summed E-state index contributed by atoms with van der Waals surface area (Å²) in [6, 6.07) is 3.14. The molecule has 0 saturated carbocycles. The average Bonchev–Trinajstić information content (AvgIpc) is 2.34. The maximum atomic E-state index is 11.9. The van der Waals surface area contributed by atoms with E-state index in [0.717, 1.165) is 24.3 Å². The molecule has 0 aliphatic carbocycles. The number of nitrogens with one attached hydrogen (secondary N) is 1. The molecule has 0 spiro atoms. The molecule has 0 fully saturated rings. The van der Waals surface area contributed by atoms with E-state index in [1.807, 2.05) is 0 Å². The first-order chi connectivity index (χ1) is 9.23. The zero-order valence-corrected chi connectivity index (χ0v) is 10.4. The Morgan fingerprint density at radius 2 is 1.85 bits per heavy atom. The number of carbonyl (C=O) groups is 2. The van der Waals surface area contributed by atoms with Crippen molar-refractivity contribution < 1.29 is 32.6 Å². The van der Waals surface area contributed by atoms with E-state index in [9.17, 15) is 22.8 Å². The molecule has 0 radical (unpaired) electrons. The van der Waals surface area contributed by atoms with Crippen molar-refractivity contribution in [3.63, 3.8) is 0 Å². The van der Waals surface area contributed by atoms with Gasteiger partial charge >= 0.3 is 12.3 Å². The lowest BCUT2D eigenvalue weighted by Crippen LogP contribution is -2.40. The highest BCUT2D eigenvalue weighted by Gasteiger charge is 2.31. The van der Waals surface area contributed by atoms with E-state index in [1.54, 1.807) is 6.92 Å². The molecular weight excluding hydrogens is 279 g/mol. The number of carbonyl (C=O) groups excluding carboxylic acids is 1. The number of aliphatic carboxylic acids is 1. The Bertz CT molecular complexity index is 484. The largest absolute Gasteiger partial charge is 0.573 e. The van der Waals surface area contributed by atoms with Crippen molar-refractivity contribution in [3.05, 3.63) is 29.8 Å². The highest BCUT2D eigenvalue weighted by atomic mass is 19.4. The summed E-state index contributed by atoms with van der Waals surface area (Å²) in [4.78, 5) is 22.4. The van der Waals surface area contributed by atoms with Gasteiger partial charge in [0.05, 0.1) is 0 Å². The lowest BCUT2D eigenvalue weighted by molar-refractivity contribution is -0.274. The van der Waals surface area contributed by atoms with Crippen molar-refractivity contribution in [2.24, 2.45) is 0 Å². The number of hydrogen-bond acceptors (Lipinski definition) is 3. The standard InChI is InChI=1S/C12H12F3NO4/c1-2-9(11(18)19)16-10(17)7-3-5-8(6-4-7)20-12(13,14)15/h3-6,9H,2H2,1H3,(H,16,17)(H,18,19)/t9-/m0/s1. The zero-order valence-electron chi connectivity index (χ0n) is 10.4. The molecule has 0 aliphatic heterocycles. The molecule has 0 unspecified atom stereocenters. The van der Waals surface area contributed by atoms with Crippen LogP contribution in [0.3, 0.4) is 0 Å². The van der Waals surface area contributed by atoms with Crippen LogP contribution in [0, 0.1) is 0 Å². The molecule has 1 atom stereocenters. The number of hydrogen-bond donors (Lipinski definition) is 2. The van der Waals surface area contributed by atoms with Gasteiger partial charge in [-0.2, -0.15) is 0 Å². The number of ether oxygens (including phenoxy) is 1. The van der Waals surface area contributed by atoms with Crippen LogP contribution in [0.25, 0.3) is 0 Å². The Labute approximate surface area is 112 Å². The number of halogens is 3. The highest BCUT2D eigenvalue weighted by Crippen LogP contribution is 2.22. The molecular formula is C12H12F3NO4. The number of carboxylic acids is 1. The number of alkyl halides is 3. The summed E-state index contributed by atoms with van der Waals surface area (Å²) in [6.45, 7) is 1.58. The van der Waals surface area contributed by atoms with Crippen LogP contribution in [0.2, 0.25) is 0 Å². The van der Waals surface area contributed by atoms with Gasteiger partial charge in [0.2, 0.25) is 0 Å². The van der Waals surface area contributed by atoms with Crippen LogP contribution in [0.4, 0.5) is 13.2 Å². The summed E-state index contributed by atoms with van der Waals surface area (Å²) in [5.41, 5.74) is 0.0409. The predicted molar refractivity (Wildman–Crippen MR) is 62.3 cm³/mol. The molecule has 1 aromatic carbocycles. The molecule has 0 bridgehead atoms. The minimum absolute atomic E-state index is 0.0409. The second-order valence-corrected chi connectivity index (χ2v) is 3.84. The maximum Gasteiger partial charge on any atom is 0.573 e. The third-order valence-electron chi connectivity index (χ3n) is 2.36. The van der Waals surface area contributed by atoms with E-state index in [1.165, 1.54) is 0 Å². The molecule has 0 aromatic heterocycles. The molecule has 8 heteroatoms. The fourth-order valence-corrected chi connectivity index (χ4v) is 1.39. The minimum atomic E-state index is -4.81. The summed E-state index contributed by atoms with van der Waals surface area (Å²) < 4.78 is 39.5. The Hall–Kier alpha value is -2.25. The molecule has 110 valence electrons. The summed E-state index contributed by atoms with van der Waals surface area (Å²) >= 11 is 0. The predicted octanol–water partition coefficient (Wildman–Crippen LogP) is 2.18. The van der Waals surface area contributed by atoms with Gasteiger partial charge in [-0.25, -0.2) is 4.79 Å². The first kappa shape index (κ1) is 15.8. The molecule has 2 N–H and O–H groups in total. The second kappa shape index (κ2) is 6.27. The van der Waals surface area contributed by atoms with Crippen molar-refractivity contribution in [1.29, 1.82) is 0 Å². The van der Waals surface area contributed by atoms with Crippen molar-refractivity contribution >= 4 is 11.9 Å². The van der Waals surface area contributed by atoms with E-state index in [0.29, 0.717) is 0 Å². The van der Waals surface area contributed by atoms with Crippen molar-refractivity contribution in [3.8, 4) is 5.75 Å². The molecule has 0 saturated heterocycles.